The molecule has 1 aromatic rings. The van der Waals surface area contributed by atoms with E-state index in [1.54, 1.807) is 32.2 Å². The average molecular weight is 233 g/mol. The fraction of sp³-hybridized carbons (Fsp3) is 0.231. The summed E-state index contributed by atoms with van der Waals surface area (Å²) in [4.78, 5) is 22.0. The Balaban J connectivity index is 2.84. The SMILES string of the molecule is C=C(C)C(=O)NCc1cc(C=O)ccc1OC. The van der Waals surface area contributed by atoms with Crippen molar-refractivity contribution in [3.8, 4) is 5.75 Å². The number of carbonyl (C=O) groups excluding carboxylic acids is 2. The molecule has 0 heterocycles. The zero-order chi connectivity index (χ0) is 12.8. The first-order chi connectivity index (χ1) is 8.08. The molecule has 1 rings (SSSR count). The normalized spacial score (nSPS) is 9.53. The Morgan fingerprint density at radius 2 is 2.24 bits per heavy atom. The minimum atomic E-state index is -0.219. The van der Waals surface area contributed by atoms with E-state index in [-0.39, 0.29) is 5.91 Å². The Morgan fingerprint density at radius 3 is 2.76 bits per heavy atom. The van der Waals surface area contributed by atoms with Crippen molar-refractivity contribution in [2.75, 3.05) is 7.11 Å². The highest BCUT2D eigenvalue weighted by Crippen LogP contribution is 2.19. The lowest BCUT2D eigenvalue weighted by molar-refractivity contribution is -0.117. The highest BCUT2D eigenvalue weighted by atomic mass is 16.5. The van der Waals surface area contributed by atoms with Crippen molar-refractivity contribution >= 4 is 12.2 Å². The van der Waals surface area contributed by atoms with Gasteiger partial charge < -0.3 is 10.1 Å². The smallest absolute Gasteiger partial charge is 0.246 e. The van der Waals surface area contributed by atoms with Crippen LogP contribution in [0.15, 0.2) is 30.4 Å². The largest absolute Gasteiger partial charge is 0.496 e. The van der Waals surface area contributed by atoms with Gasteiger partial charge >= 0.3 is 0 Å². The Morgan fingerprint density at radius 1 is 1.53 bits per heavy atom. The number of rotatable bonds is 5. The number of nitrogens with one attached hydrogen (secondary N) is 1. The van der Waals surface area contributed by atoms with Crippen LogP contribution in [-0.2, 0) is 11.3 Å². The van der Waals surface area contributed by atoms with Gasteiger partial charge in [0.25, 0.3) is 0 Å². The number of carbonyl (C=O) groups is 2. The summed E-state index contributed by atoms with van der Waals surface area (Å²) in [6, 6.07) is 5.05. The van der Waals surface area contributed by atoms with Crippen LogP contribution in [0.3, 0.4) is 0 Å². The summed E-state index contributed by atoms with van der Waals surface area (Å²) in [5.74, 6) is 0.418. The summed E-state index contributed by atoms with van der Waals surface area (Å²) in [5, 5.41) is 2.69. The molecule has 90 valence electrons. The number of aldehydes is 1. The third kappa shape index (κ3) is 3.45. The molecular formula is C13H15NO3. The molecule has 0 aromatic heterocycles. The van der Waals surface area contributed by atoms with Gasteiger partial charge in [-0.15, -0.1) is 0 Å². The minimum absolute atomic E-state index is 0.219. The van der Waals surface area contributed by atoms with E-state index in [0.717, 1.165) is 11.8 Å². The van der Waals surface area contributed by atoms with Crippen molar-refractivity contribution in [3.05, 3.63) is 41.5 Å². The molecule has 0 saturated carbocycles. The maximum Gasteiger partial charge on any atom is 0.246 e. The summed E-state index contributed by atoms with van der Waals surface area (Å²) < 4.78 is 5.15. The van der Waals surface area contributed by atoms with Crippen molar-refractivity contribution in [1.82, 2.24) is 5.32 Å². The van der Waals surface area contributed by atoms with Gasteiger partial charge in [-0.3, -0.25) is 9.59 Å². The summed E-state index contributed by atoms with van der Waals surface area (Å²) >= 11 is 0. The molecule has 0 aliphatic heterocycles. The lowest BCUT2D eigenvalue weighted by atomic mass is 10.1. The lowest BCUT2D eigenvalue weighted by Crippen LogP contribution is -2.23. The van der Waals surface area contributed by atoms with Gasteiger partial charge in [-0.1, -0.05) is 6.58 Å². The van der Waals surface area contributed by atoms with Crippen LogP contribution in [0.4, 0.5) is 0 Å². The molecule has 0 unspecified atom stereocenters. The Labute approximate surface area is 100 Å². The van der Waals surface area contributed by atoms with E-state index in [4.69, 9.17) is 4.74 Å². The second-order valence-electron chi connectivity index (χ2n) is 3.65. The van der Waals surface area contributed by atoms with Crippen LogP contribution in [0.1, 0.15) is 22.8 Å². The van der Waals surface area contributed by atoms with Crippen LogP contribution in [-0.4, -0.2) is 19.3 Å². The van der Waals surface area contributed by atoms with Crippen molar-refractivity contribution in [3.63, 3.8) is 0 Å². The Bertz CT molecular complexity index is 452. The molecule has 0 radical (unpaired) electrons. The molecule has 1 amide bonds. The van der Waals surface area contributed by atoms with E-state index in [9.17, 15) is 9.59 Å². The molecule has 0 aliphatic carbocycles. The number of hydrogen-bond donors (Lipinski definition) is 1. The summed E-state index contributed by atoms with van der Waals surface area (Å²) in [6.07, 6.45) is 0.753. The van der Waals surface area contributed by atoms with Gasteiger partial charge in [0.05, 0.1) is 7.11 Å². The number of amides is 1. The van der Waals surface area contributed by atoms with Crippen LogP contribution >= 0.6 is 0 Å². The third-order valence-electron chi connectivity index (χ3n) is 2.27. The van der Waals surface area contributed by atoms with Gasteiger partial charge in [0, 0.05) is 23.2 Å². The number of ether oxygens (including phenoxy) is 1. The average Bonchev–Trinajstić information content (AvgIpc) is 2.35. The van der Waals surface area contributed by atoms with Gasteiger partial charge in [-0.05, 0) is 25.1 Å². The first-order valence-electron chi connectivity index (χ1n) is 5.14. The summed E-state index contributed by atoms with van der Waals surface area (Å²) in [6.45, 7) is 5.48. The quantitative estimate of drug-likeness (QED) is 0.622. The van der Waals surface area contributed by atoms with E-state index in [1.807, 2.05) is 0 Å². The Kier molecular flexibility index (Phi) is 4.46. The van der Waals surface area contributed by atoms with Crippen molar-refractivity contribution in [2.45, 2.75) is 13.5 Å². The Hall–Kier alpha value is -2.10. The lowest BCUT2D eigenvalue weighted by Gasteiger charge is -2.10. The highest BCUT2D eigenvalue weighted by Gasteiger charge is 2.06. The predicted molar refractivity (Wildman–Crippen MR) is 65.0 cm³/mol. The number of hydrogen-bond acceptors (Lipinski definition) is 3. The van der Waals surface area contributed by atoms with Crippen LogP contribution < -0.4 is 10.1 Å². The van der Waals surface area contributed by atoms with Crippen LogP contribution in [0, 0.1) is 0 Å². The minimum Gasteiger partial charge on any atom is -0.496 e. The van der Waals surface area contributed by atoms with Gasteiger partial charge in [0.2, 0.25) is 5.91 Å². The second kappa shape index (κ2) is 5.84. The monoisotopic (exact) mass is 233 g/mol. The van der Waals surface area contributed by atoms with Gasteiger partial charge in [-0.25, -0.2) is 0 Å². The fourth-order valence-corrected chi connectivity index (χ4v) is 1.34. The summed E-state index contributed by atoms with van der Waals surface area (Å²) in [7, 11) is 1.54. The predicted octanol–water partition coefficient (Wildman–Crippen LogP) is 1.70. The van der Waals surface area contributed by atoms with Crippen LogP contribution in [0.5, 0.6) is 5.75 Å². The second-order valence-corrected chi connectivity index (χ2v) is 3.65. The molecule has 0 aliphatic rings. The number of benzene rings is 1. The van der Waals surface area contributed by atoms with Gasteiger partial charge in [0.15, 0.2) is 0 Å². The van der Waals surface area contributed by atoms with E-state index < -0.39 is 0 Å². The molecule has 4 nitrogen and oxygen atoms in total. The first kappa shape index (κ1) is 13.0. The van der Waals surface area contributed by atoms with E-state index in [1.165, 1.54) is 0 Å². The van der Waals surface area contributed by atoms with Gasteiger partial charge in [-0.2, -0.15) is 0 Å². The zero-order valence-corrected chi connectivity index (χ0v) is 9.95. The number of methoxy groups -OCH3 is 1. The molecule has 4 heteroatoms. The van der Waals surface area contributed by atoms with E-state index in [0.29, 0.717) is 23.4 Å². The fourth-order valence-electron chi connectivity index (χ4n) is 1.34. The standard InChI is InChI=1S/C13H15NO3/c1-9(2)13(16)14-7-11-6-10(8-15)4-5-12(11)17-3/h4-6,8H,1,7H2,2-3H3,(H,14,16). The van der Waals surface area contributed by atoms with Crippen LogP contribution in [0.2, 0.25) is 0 Å². The molecule has 17 heavy (non-hydrogen) atoms. The van der Waals surface area contributed by atoms with E-state index in [2.05, 4.69) is 11.9 Å². The van der Waals surface area contributed by atoms with Crippen molar-refractivity contribution in [2.24, 2.45) is 0 Å². The molecule has 0 atom stereocenters. The topological polar surface area (TPSA) is 55.4 Å². The molecule has 0 bridgehead atoms. The van der Waals surface area contributed by atoms with Crippen LogP contribution in [0.25, 0.3) is 0 Å². The summed E-state index contributed by atoms with van der Waals surface area (Å²) in [5.41, 5.74) is 1.74. The zero-order valence-electron chi connectivity index (χ0n) is 9.95. The van der Waals surface area contributed by atoms with E-state index >= 15 is 0 Å². The first-order valence-corrected chi connectivity index (χ1v) is 5.14. The molecule has 0 fully saturated rings. The third-order valence-corrected chi connectivity index (χ3v) is 2.27. The molecular weight excluding hydrogens is 218 g/mol. The molecule has 1 N–H and O–H groups in total. The maximum absolute atomic E-state index is 11.3. The molecule has 1 aromatic carbocycles. The van der Waals surface area contributed by atoms with Gasteiger partial charge in [0.1, 0.15) is 12.0 Å². The van der Waals surface area contributed by atoms with Crippen molar-refractivity contribution in [1.29, 1.82) is 0 Å². The molecule has 0 spiro atoms. The van der Waals surface area contributed by atoms with Crippen molar-refractivity contribution < 1.29 is 14.3 Å². The molecule has 0 saturated heterocycles. The highest BCUT2D eigenvalue weighted by molar-refractivity contribution is 5.92. The maximum atomic E-state index is 11.3.